The second kappa shape index (κ2) is 9.90. The van der Waals surface area contributed by atoms with Crippen LogP contribution in [0.1, 0.15) is 44.2 Å². The number of ether oxygens (including phenoxy) is 1. The first-order valence-corrected chi connectivity index (χ1v) is 11.6. The van der Waals surface area contributed by atoms with Crippen molar-refractivity contribution >= 4 is 5.84 Å². The van der Waals surface area contributed by atoms with Crippen molar-refractivity contribution in [1.29, 1.82) is 0 Å². The largest absolute Gasteiger partial charge is 0.493 e. The van der Waals surface area contributed by atoms with Crippen LogP contribution in [0.15, 0.2) is 53.7 Å². The van der Waals surface area contributed by atoms with Crippen LogP contribution in [0.25, 0.3) is 0 Å². The highest BCUT2D eigenvalue weighted by Gasteiger charge is 2.47. The Morgan fingerprint density at radius 1 is 1.00 bits per heavy atom. The minimum absolute atomic E-state index is 0.213. The van der Waals surface area contributed by atoms with E-state index in [1.807, 2.05) is 24.3 Å². The minimum Gasteiger partial charge on any atom is -0.493 e. The lowest BCUT2D eigenvalue weighted by Gasteiger charge is -2.42. The molecule has 0 aromatic heterocycles. The molecule has 1 spiro atoms. The zero-order valence-corrected chi connectivity index (χ0v) is 19.4. The first kappa shape index (κ1) is 22.6. The van der Waals surface area contributed by atoms with Gasteiger partial charge in [0.15, 0.2) is 0 Å². The maximum absolute atomic E-state index is 13.4. The summed E-state index contributed by atoms with van der Waals surface area (Å²) in [5.41, 5.74) is 1.91. The molecule has 1 fully saturated rings. The Hall–Kier alpha value is -2.60. The molecule has 32 heavy (non-hydrogen) atoms. The molecule has 2 aromatic rings. The van der Waals surface area contributed by atoms with Gasteiger partial charge in [0.2, 0.25) is 5.72 Å². The van der Waals surface area contributed by atoms with Gasteiger partial charge in [0, 0.05) is 38.9 Å². The Bertz CT molecular complexity index is 904. The van der Waals surface area contributed by atoms with E-state index in [2.05, 4.69) is 48.0 Å². The molecule has 0 N–H and O–H groups in total. The quantitative estimate of drug-likeness (QED) is 0.576. The number of aryl methyl sites for hydroxylation is 1. The highest BCUT2D eigenvalue weighted by atomic mass is 19.1. The van der Waals surface area contributed by atoms with Crippen molar-refractivity contribution in [3.63, 3.8) is 0 Å². The zero-order chi connectivity index (χ0) is 22.6. The third-order valence-electron chi connectivity index (χ3n) is 6.29. The molecular formula is C26H34FN3O2. The van der Waals surface area contributed by atoms with Crippen LogP contribution < -0.4 is 4.74 Å². The van der Waals surface area contributed by atoms with E-state index in [4.69, 9.17) is 9.57 Å². The number of hydrogen-bond acceptors (Lipinski definition) is 5. The molecular weight excluding hydrogens is 405 g/mol. The van der Waals surface area contributed by atoms with Crippen molar-refractivity contribution in [2.75, 3.05) is 26.7 Å². The third-order valence-corrected chi connectivity index (χ3v) is 6.29. The molecule has 2 aliphatic heterocycles. The van der Waals surface area contributed by atoms with Gasteiger partial charge >= 0.3 is 0 Å². The molecule has 1 saturated heterocycles. The number of likely N-dealkylation sites (tertiary alicyclic amines) is 1. The fraction of sp³-hybridized carbons (Fsp3) is 0.500. The van der Waals surface area contributed by atoms with Crippen molar-refractivity contribution in [2.45, 2.75) is 51.8 Å². The van der Waals surface area contributed by atoms with Crippen molar-refractivity contribution in [3.05, 3.63) is 65.5 Å². The second-order valence-corrected chi connectivity index (χ2v) is 9.41. The van der Waals surface area contributed by atoms with Crippen LogP contribution in [-0.4, -0.2) is 48.1 Å². The third kappa shape index (κ3) is 5.41. The van der Waals surface area contributed by atoms with Crippen LogP contribution in [-0.2, 0) is 17.8 Å². The van der Waals surface area contributed by atoms with Gasteiger partial charge in [0.25, 0.3) is 0 Å². The standard InChI is InChI=1S/C26H34FN3O2/c1-20(2)19-31-24-11-6-21(7-12-24)8-13-25-28-32-26(14-16-29(3)17-15-26)30(25)18-22-4-9-23(27)10-5-22/h4-7,9-12,20H,8,13-19H2,1-3H3. The summed E-state index contributed by atoms with van der Waals surface area (Å²) in [6.07, 6.45) is 3.48. The first-order chi connectivity index (χ1) is 15.4. The fourth-order valence-corrected chi connectivity index (χ4v) is 4.26. The minimum atomic E-state index is -0.398. The number of nitrogens with zero attached hydrogens (tertiary/aromatic N) is 3. The lowest BCUT2D eigenvalue weighted by Crippen LogP contribution is -2.54. The monoisotopic (exact) mass is 439 g/mol. The predicted octanol–water partition coefficient (Wildman–Crippen LogP) is 5.06. The van der Waals surface area contributed by atoms with Gasteiger partial charge in [-0.1, -0.05) is 43.3 Å². The number of rotatable bonds is 8. The second-order valence-electron chi connectivity index (χ2n) is 9.41. The van der Waals surface area contributed by atoms with Gasteiger partial charge in [-0.3, -0.25) is 0 Å². The van der Waals surface area contributed by atoms with Crippen molar-refractivity contribution in [3.8, 4) is 5.75 Å². The number of amidine groups is 1. The Morgan fingerprint density at radius 3 is 2.31 bits per heavy atom. The normalized spacial score (nSPS) is 18.2. The Morgan fingerprint density at radius 2 is 1.66 bits per heavy atom. The number of oxime groups is 1. The summed E-state index contributed by atoms with van der Waals surface area (Å²) >= 11 is 0. The summed E-state index contributed by atoms with van der Waals surface area (Å²) in [4.78, 5) is 10.7. The van der Waals surface area contributed by atoms with Gasteiger partial charge in [0.05, 0.1) is 6.61 Å². The average Bonchev–Trinajstić information content (AvgIpc) is 3.12. The summed E-state index contributed by atoms with van der Waals surface area (Å²) in [6, 6.07) is 15.1. The van der Waals surface area contributed by atoms with E-state index in [-0.39, 0.29) is 5.82 Å². The SMILES string of the molecule is CC(C)COc1ccc(CCC2=NOC3(CCN(C)CC3)N2Cc2ccc(F)cc2)cc1. The molecule has 4 rings (SSSR count). The number of hydrogen-bond donors (Lipinski definition) is 0. The number of piperidine rings is 1. The van der Waals surface area contributed by atoms with E-state index in [0.717, 1.165) is 62.5 Å². The van der Waals surface area contributed by atoms with Gasteiger partial charge in [-0.2, -0.15) is 0 Å². The molecule has 0 bridgehead atoms. The Balaban J connectivity index is 1.43. The molecule has 0 unspecified atom stereocenters. The summed E-state index contributed by atoms with van der Waals surface area (Å²) in [7, 11) is 2.14. The molecule has 0 amide bonds. The van der Waals surface area contributed by atoms with E-state index >= 15 is 0 Å². The molecule has 6 heteroatoms. The van der Waals surface area contributed by atoms with Gasteiger partial charge in [-0.15, -0.1) is 0 Å². The van der Waals surface area contributed by atoms with E-state index in [0.29, 0.717) is 12.5 Å². The Kier molecular flexibility index (Phi) is 6.99. The summed E-state index contributed by atoms with van der Waals surface area (Å²) < 4.78 is 19.2. The average molecular weight is 440 g/mol. The van der Waals surface area contributed by atoms with Crippen LogP contribution in [0.2, 0.25) is 0 Å². The zero-order valence-electron chi connectivity index (χ0n) is 19.4. The van der Waals surface area contributed by atoms with Crippen molar-refractivity contribution in [2.24, 2.45) is 11.1 Å². The molecule has 2 heterocycles. The molecule has 2 aromatic carbocycles. The lowest BCUT2D eigenvalue weighted by atomic mass is 9.97. The Labute approximate surface area is 190 Å². The summed E-state index contributed by atoms with van der Waals surface area (Å²) in [5.74, 6) is 2.18. The molecule has 0 radical (unpaired) electrons. The van der Waals surface area contributed by atoms with Gasteiger partial charge in [-0.25, -0.2) is 4.39 Å². The van der Waals surface area contributed by atoms with E-state index < -0.39 is 5.72 Å². The van der Waals surface area contributed by atoms with Gasteiger partial charge < -0.3 is 19.4 Å². The lowest BCUT2D eigenvalue weighted by molar-refractivity contribution is -0.133. The van der Waals surface area contributed by atoms with Crippen LogP contribution in [0, 0.1) is 11.7 Å². The van der Waals surface area contributed by atoms with E-state index in [9.17, 15) is 4.39 Å². The maximum Gasteiger partial charge on any atom is 0.213 e. The van der Waals surface area contributed by atoms with Crippen LogP contribution in [0.5, 0.6) is 5.75 Å². The molecule has 5 nitrogen and oxygen atoms in total. The van der Waals surface area contributed by atoms with E-state index in [1.165, 1.54) is 17.7 Å². The molecule has 172 valence electrons. The summed E-state index contributed by atoms with van der Waals surface area (Å²) in [5, 5.41) is 4.54. The van der Waals surface area contributed by atoms with Crippen LogP contribution >= 0.6 is 0 Å². The molecule has 0 aliphatic carbocycles. The van der Waals surface area contributed by atoms with Gasteiger partial charge in [-0.05, 0) is 54.8 Å². The van der Waals surface area contributed by atoms with Crippen LogP contribution in [0.4, 0.5) is 4.39 Å². The fourth-order valence-electron chi connectivity index (χ4n) is 4.26. The smallest absolute Gasteiger partial charge is 0.213 e. The van der Waals surface area contributed by atoms with Crippen molar-refractivity contribution < 1.29 is 14.0 Å². The summed E-state index contributed by atoms with van der Waals surface area (Å²) in [6.45, 7) is 7.64. The van der Waals surface area contributed by atoms with Crippen molar-refractivity contribution in [1.82, 2.24) is 9.80 Å². The maximum atomic E-state index is 13.4. The number of halogens is 1. The number of benzene rings is 2. The topological polar surface area (TPSA) is 37.3 Å². The first-order valence-electron chi connectivity index (χ1n) is 11.6. The molecule has 0 atom stereocenters. The molecule has 0 saturated carbocycles. The molecule has 2 aliphatic rings. The van der Waals surface area contributed by atoms with E-state index in [1.54, 1.807) is 0 Å². The van der Waals surface area contributed by atoms with Gasteiger partial charge in [0.1, 0.15) is 17.4 Å². The predicted molar refractivity (Wildman–Crippen MR) is 125 cm³/mol. The highest BCUT2D eigenvalue weighted by Crippen LogP contribution is 2.37. The van der Waals surface area contributed by atoms with Crippen LogP contribution in [0.3, 0.4) is 0 Å². The highest BCUT2D eigenvalue weighted by molar-refractivity contribution is 5.83.